The van der Waals surface area contributed by atoms with E-state index in [4.69, 9.17) is 9.84 Å². The van der Waals surface area contributed by atoms with Crippen molar-refractivity contribution in [2.45, 2.75) is 38.1 Å². The van der Waals surface area contributed by atoms with Crippen LogP contribution in [0.3, 0.4) is 0 Å². The lowest BCUT2D eigenvalue weighted by Gasteiger charge is -2.26. The molecule has 0 bridgehead atoms. The van der Waals surface area contributed by atoms with Gasteiger partial charge >= 0.3 is 6.18 Å². The van der Waals surface area contributed by atoms with E-state index in [1.807, 2.05) is 5.32 Å². The van der Waals surface area contributed by atoms with Crippen molar-refractivity contribution < 1.29 is 27.8 Å². The summed E-state index contributed by atoms with van der Waals surface area (Å²) in [6.45, 7) is 2.26. The van der Waals surface area contributed by atoms with Crippen molar-refractivity contribution in [3.8, 4) is 0 Å². The highest BCUT2D eigenvalue weighted by atomic mass is 19.4. The van der Waals surface area contributed by atoms with Crippen molar-refractivity contribution in [2.75, 3.05) is 13.7 Å². The highest BCUT2D eigenvalue weighted by Gasteiger charge is 2.39. The van der Waals surface area contributed by atoms with Gasteiger partial charge in [0.25, 0.3) is 5.91 Å². The Bertz CT molecular complexity index is 239. The number of rotatable bonds is 5. The van der Waals surface area contributed by atoms with Crippen LogP contribution in [0.25, 0.3) is 0 Å². The third-order valence-corrected chi connectivity index (χ3v) is 2.44. The standard InChI is InChI=1S/C9H16F3NO3/c1-4-8(2,16-3)7(15)13-5-6(14)9(10,11)12/h6,14H,4-5H2,1-3H3,(H,13,15). The SMILES string of the molecule is CCC(C)(OC)C(=O)NCC(O)C(F)(F)F. The molecule has 0 radical (unpaired) electrons. The van der Waals surface area contributed by atoms with Crippen molar-refractivity contribution in [1.29, 1.82) is 0 Å². The molecule has 0 saturated carbocycles. The summed E-state index contributed by atoms with van der Waals surface area (Å²) in [6, 6.07) is 0. The number of hydrogen-bond acceptors (Lipinski definition) is 3. The molecule has 7 heteroatoms. The highest BCUT2D eigenvalue weighted by Crippen LogP contribution is 2.20. The van der Waals surface area contributed by atoms with E-state index < -0.39 is 30.3 Å². The normalized spacial score (nSPS) is 17.7. The molecular formula is C9H16F3NO3. The summed E-state index contributed by atoms with van der Waals surface area (Å²) in [5.74, 6) is -0.680. The highest BCUT2D eigenvalue weighted by molar-refractivity contribution is 5.84. The van der Waals surface area contributed by atoms with Crippen molar-refractivity contribution >= 4 is 5.91 Å². The molecule has 96 valence electrons. The third kappa shape index (κ3) is 3.97. The molecule has 0 aliphatic rings. The molecule has 0 aliphatic carbocycles. The largest absolute Gasteiger partial charge is 0.416 e. The molecule has 0 aliphatic heterocycles. The van der Waals surface area contributed by atoms with Crippen LogP contribution in [0, 0.1) is 0 Å². The van der Waals surface area contributed by atoms with Gasteiger partial charge in [-0.3, -0.25) is 4.79 Å². The Hall–Kier alpha value is -0.820. The van der Waals surface area contributed by atoms with E-state index in [1.54, 1.807) is 6.92 Å². The minimum absolute atomic E-state index is 0.317. The Morgan fingerprint density at radius 1 is 1.50 bits per heavy atom. The number of ether oxygens (including phenoxy) is 1. The quantitative estimate of drug-likeness (QED) is 0.752. The lowest BCUT2D eigenvalue weighted by atomic mass is 10.0. The van der Waals surface area contributed by atoms with Crippen molar-refractivity contribution in [2.24, 2.45) is 0 Å². The van der Waals surface area contributed by atoms with Gasteiger partial charge in [0.2, 0.25) is 0 Å². The van der Waals surface area contributed by atoms with Crippen LogP contribution in [-0.4, -0.2) is 42.5 Å². The molecule has 2 atom stereocenters. The molecule has 0 heterocycles. The molecule has 1 amide bonds. The summed E-state index contributed by atoms with van der Waals surface area (Å²) in [5, 5.41) is 10.7. The smallest absolute Gasteiger partial charge is 0.382 e. The third-order valence-electron chi connectivity index (χ3n) is 2.44. The van der Waals surface area contributed by atoms with Gasteiger partial charge in [0.1, 0.15) is 5.60 Å². The van der Waals surface area contributed by atoms with E-state index in [0.717, 1.165) is 0 Å². The van der Waals surface area contributed by atoms with Crippen LogP contribution >= 0.6 is 0 Å². The fourth-order valence-electron chi connectivity index (χ4n) is 0.890. The number of hydrogen-bond donors (Lipinski definition) is 2. The Kier molecular flexibility index (Phi) is 5.21. The topological polar surface area (TPSA) is 58.6 Å². The van der Waals surface area contributed by atoms with Crippen LogP contribution in [0.1, 0.15) is 20.3 Å². The Morgan fingerprint density at radius 2 is 2.00 bits per heavy atom. The minimum atomic E-state index is -4.73. The molecule has 2 N–H and O–H groups in total. The molecule has 0 spiro atoms. The van der Waals surface area contributed by atoms with Gasteiger partial charge in [0.15, 0.2) is 6.10 Å². The number of halogens is 3. The lowest BCUT2D eigenvalue weighted by Crippen LogP contribution is -2.49. The van der Waals surface area contributed by atoms with E-state index in [0.29, 0.717) is 6.42 Å². The zero-order valence-electron chi connectivity index (χ0n) is 9.39. The number of nitrogens with one attached hydrogen (secondary N) is 1. The number of aliphatic hydroxyl groups is 1. The fraction of sp³-hybridized carbons (Fsp3) is 0.889. The number of methoxy groups -OCH3 is 1. The summed E-state index contributed by atoms with van der Waals surface area (Å²) < 4.78 is 40.7. The van der Waals surface area contributed by atoms with E-state index in [-0.39, 0.29) is 0 Å². The first-order valence-corrected chi connectivity index (χ1v) is 4.75. The zero-order valence-corrected chi connectivity index (χ0v) is 9.39. The summed E-state index contributed by atoms with van der Waals surface area (Å²) >= 11 is 0. The van der Waals surface area contributed by atoms with Gasteiger partial charge in [-0.05, 0) is 13.3 Å². The van der Waals surface area contributed by atoms with E-state index >= 15 is 0 Å². The lowest BCUT2D eigenvalue weighted by molar-refractivity contribution is -0.202. The average Bonchev–Trinajstić information content (AvgIpc) is 2.22. The van der Waals surface area contributed by atoms with Gasteiger partial charge in [-0.25, -0.2) is 0 Å². The van der Waals surface area contributed by atoms with E-state index in [9.17, 15) is 18.0 Å². The van der Waals surface area contributed by atoms with Crippen LogP contribution < -0.4 is 5.32 Å². The molecule has 0 aromatic carbocycles. The molecule has 0 aromatic rings. The molecule has 16 heavy (non-hydrogen) atoms. The van der Waals surface area contributed by atoms with Crippen molar-refractivity contribution in [3.63, 3.8) is 0 Å². The molecule has 0 fully saturated rings. The molecule has 0 rings (SSSR count). The van der Waals surface area contributed by atoms with Gasteiger partial charge in [-0.2, -0.15) is 13.2 Å². The first-order valence-electron chi connectivity index (χ1n) is 4.75. The van der Waals surface area contributed by atoms with Crippen LogP contribution in [0.4, 0.5) is 13.2 Å². The van der Waals surface area contributed by atoms with Gasteiger partial charge in [-0.1, -0.05) is 6.92 Å². The average molecular weight is 243 g/mol. The Morgan fingerprint density at radius 3 is 2.31 bits per heavy atom. The fourth-order valence-corrected chi connectivity index (χ4v) is 0.890. The second-order valence-electron chi connectivity index (χ2n) is 3.56. The molecule has 2 unspecified atom stereocenters. The number of carbonyl (C=O) groups excluding carboxylic acids is 1. The summed E-state index contributed by atoms with van der Waals surface area (Å²) in [5.41, 5.74) is -1.18. The summed E-state index contributed by atoms with van der Waals surface area (Å²) in [6.07, 6.45) is -6.98. The zero-order chi connectivity index (χ0) is 13.0. The van der Waals surface area contributed by atoms with E-state index in [2.05, 4.69) is 0 Å². The van der Waals surface area contributed by atoms with Crippen LogP contribution in [0.5, 0.6) is 0 Å². The maximum Gasteiger partial charge on any atom is 0.416 e. The Balaban J connectivity index is 4.28. The van der Waals surface area contributed by atoms with Gasteiger partial charge in [0, 0.05) is 7.11 Å². The van der Waals surface area contributed by atoms with Gasteiger partial charge in [0.05, 0.1) is 6.54 Å². The monoisotopic (exact) mass is 243 g/mol. The van der Waals surface area contributed by atoms with Crippen molar-refractivity contribution in [3.05, 3.63) is 0 Å². The van der Waals surface area contributed by atoms with Crippen LogP contribution in [-0.2, 0) is 9.53 Å². The van der Waals surface area contributed by atoms with Gasteiger partial charge in [-0.15, -0.1) is 0 Å². The van der Waals surface area contributed by atoms with Crippen molar-refractivity contribution in [1.82, 2.24) is 5.32 Å². The number of aliphatic hydroxyl groups excluding tert-OH is 1. The first kappa shape index (κ1) is 15.2. The maximum absolute atomic E-state index is 11.9. The summed E-state index contributed by atoms with van der Waals surface area (Å²) in [4.78, 5) is 11.4. The Labute approximate surface area is 91.8 Å². The minimum Gasteiger partial charge on any atom is -0.382 e. The predicted molar refractivity (Wildman–Crippen MR) is 50.8 cm³/mol. The van der Waals surface area contributed by atoms with E-state index in [1.165, 1.54) is 14.0 Å². The second-order valence-corrected chi connectivity index (χ2v) is 3.56. The summed E-state index contributed by atoms with van der Waals surface area (Å²) in [7, 11) is 1.29. The number of amides is 1. The molecule has 4 nitrogen and oxygen atoms in total. The molecule has 0 aromatic heterocycles. The number of alkyl halides is 3. The second kappa shape index (κ2) is 5.49. The number of carbonyl (C=O) groups is 1. The predicted octanol–water partition coefficient (Wildman–Crippen LogP) is 0.841. The molecular weight excluding hydrogens is 227 g/mol. The maximum atomic E-state index is 11.9. The van der Waals surface area contributed by atoms with Crippen LogP contribution in [0.2, 0.25) is 0 Å². The molecule has 0 saturated heterocycles. The van der Waals surface area contributed by atoms with Crippen LogP contribution in [0.15, 0.2) is 0 Å². The van der Waals surface area contributed by atoms with Gasteiger partial charge < -0.3 is 15.2 Å². The first-order chi connectivity index (χ1) is 7.17.